The van der Waals surface area contributed by atoms with Gasteiger partial charge in [0.1, 0.15) is 11.3 Å². The summed E-state index contributed by atoms with van der Waals surface area (Å²) in [5.74, 6) is 2.40. The molecule has 0 aliphatic heterocycles. The highest BCUT2D eigenvalue weighted by Gasteiger charge is 2.50. The summed E-state index contributed by atoms with van der Waals surface area (Å²) in [4.78, 5) is 24.0. The lowest BCUT2D eigenvalue weighted by atomic mass is 9.49. The summed E-state index contributed by atoms with van der Waals surface area (Å²) < 4.78 is 10.2. The van der Waals surface area contributed by atoms with Crippen molar-refractivity contribution in [3.8, 4) is 0 Å². The topological polar surface area (TPSA) is 68.5 Å². The molecule has 4 aliphatic carbocycles. The Labute approximate surface area is 142 Å². The minimum atomic E-state index is -0.508. The Hall–Kier alpha value is -1.78. The molecule has 5 rings (SSSR count). The first-order valence-electron chi connectivity index (χ1n) is 9.01. The third kappa shape index (κ3) is 2.96. The highest BCUT2D eigenvalue weighted by molar-refractivity contribution is 5.92. The van der Waals surface area contributed by atoms with Crippen LogP contribution in [0.3, 0.4) is 0 Å². The molecule has 4 aliphatic rings. The molecule has 1 amide bonds. The summed E-state index contributed by atoms with van der Waals surface area (Å²) in [5, 5.41) is 3.02. The molecule has 5 heteroatoms. The van der Waals surface area contributed by atoms with Gasteiger partial charge in [-0.2, -0.15) is 0 Å². The first-order chi connectivity index (χ1) is 11.5. The minimum Gasteiger partial charge on any atom is -0.469 e. The van der Waals surface area contributed by atoms with E-state index < -0.39 is 5.97 Å². The second kappa shape index (κ2) is 5.94. The largest absolute Gasteiger partial charge is 0.469 e. The van der Waals surface area contributed by atoms with E-state index in [-0.39, 0.29) is 12.5 Å². The Kier molecular flexibility index (Phi) is 3.89. The van der Waals surface area contributed by atoms with Crippen molar-refractivity contribution >= 4 is 11.9 Å². The molecule has 4 saturated carbocycles. The van der Waals surface area contributed by atoms with Gasteiger partial charge in [-0.1, -0.05) is 0 Å². The Morgan fingerprint density at radius 3 is 2.38 bits per heavy atom. The molecule has 24 heavy (non-hydrogen) atoms. The first-order valence-corrected chi connectivity index (χ1v) is 9.01. The monoisotopic (exact) mass is 331 g/mol. The van der Waals surface area contributed by atoms with Gasteiger partial charge in [-0.05, 0) is 74.7 Å². The summed E-state index contributed by atoms with van der Waals surface area (Å²) in [5.41, 5.74) is 0.680. The Morgan fingerprint density at radius 2 is 1.83 bits per heavy atom. The van der Waals surface area contributed by atoms with Crippen molar-refractivity contribution in [2.75, 3.05) is 13.2 Å². The van der Waals surface area contributed by atoms with Crippen molar-refractivity contribution < 1.29 is 18.7 Å². The Bertz CT molecular complexity index is 612. The minimum absolute atomic E-state index is 0.208. The maximum atomic E-state index is 12.1. The smallest absolute Gasteiger partial charge is 0.342 e. The van der Waals surface area contributed by atoms with Gasteiger partial charge in [0.2, 0.25) is 0 Å². The fourth-order valence-electron chi connectivity index (χ4n) is 5.65. The quantitative estimate of drug-likeness (QED) is 0.842. The number of furan rings is 1. The summed E-state index contributed by atoms with van der Waals surface area (Å²) in [6, 6.07) is 1.56. The van der Waals surface area contributed by atoms with E-state index in [1.165, 1.54) is 44.8 Å². The number of carbonyl (C=O) groups is 2. The summed E-state index contributed by atoms with van der Waals surface area (Å²) >= 11 is 0. The molecule has 1 aromatic heterocycles. The fourth-order valence-corrected chi connectivity index (χ4v) is 5.65. The van der Waals surface area contributed by atoms with Gasteiger partial charge in [0, 0.05) is 6.54 Å². The third-order valence-corrected chi connectivity index (χ3v) is 6.24. The molecule has 130 valence electrons. The highest BCUT2D eigenvalue weighted by atomic mass is 16.5. The number of nitrogens with one attached hydrogen (secondary N) is 1. The van der Waals surface area contributed by atoms with E-state index in [2.05, 4.69) is 5.32 Å². The van der Waals surface area contributed by atoms with Gasteiger partial charge >= 0.3 is 5.97 Å². The number of ether oxygens (including phenoxy) is 1. The van der Waals surface area contributed by atoms with Gasteiger partial charge in [0.05, 0.1) is 6.26 Å². The average molecular weight is 331 g/mol. The molecular formula is C19H25NO4. The van der Waals surface area contributed by atoms with Crippen molar-refractivity contribution in [1.29, 1.82) is 0 Å². The van der Waals surface area contributed by atoms with Crippen molar-refractivity contribution in [2.45, 2.75) is 45.4 Å². The molecule has 1 aromatic rings. The number of amides is 1. The van der Waals surface area contributed by atoms with E-state index in [0.29, 0.717) is 16.7 Å². The van der Waals surface area contributed by atoms with Gasteiger partial charge in [0.15, 0.2) is 6.61 Å². The number of hydrogen-bond donors (Lipinski definition) is 1. The highest BCUT2D eigenvalue weighted by Crippen LogP contribution is 2.59. The van der Waals surface area contributed by atoms with Gasteiger partial charge in [-0.3, -0.25) is 4.79 Å². The van der Waals surface area contributed by atoms with Crippen LogP contribution in [0.1, 0.15) is 54.6 Å². The zero-order chi connectivity index (χ0) is 16.7. The van der Waals surface area contributed by atoms with Gasteiger partial charge in [-0.25, -0.2) is 4.79 Å². The van der Waals surface area contributed by atoms with E-state index in [1.807, 2.05) is 0 Å². The van der Waals surface area contributed by atoms with E-state index in [9.17, 15) is 9.59 Å². The van der Waals surface area contributed by atoms with Crippen LogP contribution in [-0.4, -0.2) is 25.0 Å². The van der Waals surface area contributed by atoms with Crippen LogP contribution >= 0.6 is 0 Å². The molecule has 1 heterocycles. The van der Waals surface area contributed by atoms with Crippen molar-refractivity contribution in [3.63, 3.8) is 0 Å². The number of carbonyl (C=O) groups excluding carboxylic acids is 2. The molecule has 4 bridgehead atoms. The molecule has 4 fully saturated rings. The van der Waals surface area contributed by atoms with Crippen molar-refractivity contribution in [1.82, 2.24) is 5.32 Å². The molecule has 0 atom stereocenters. The summed E-state index contributed by atoms with van der Waals surface area (Å²) in [6.45, 7) is 2.21. The standard InChI is InChI=1S/C19H25NO4/c1-12-16(2-3-23-12)18(22)24-10-17(21)20-11-19-7-13-4-14(8-19)6-15(5-13)9-19/h2-3,13-15H,4-11H2,1H3,(H,20,21). The Balaban J connectivity index is 1.27. The molecule has 0 spiro atoms. The van der Waals surface area contributed by atoms with Gasteiger partial charge in [0.25, 0.3) is 5.91 Å². The number of hydrogen-bond acceptors (Lipinski definition) is 4. The molecule has 0 saturated heterocycles. The average Bonchev–Trinajstić information content (AvgIpc) is 2.95. The van der Waals surface area contributed by atoms with Crippen LogP contribution < -0.4 is 5.32 Å². The second-order valence-corrected chi connectivity index (χ2v) is 8.16. The molecular weight excluding hydrogens is 306 g/mol. The predicted molar refractivity (Wildman–Crippen MR) is 87.3 cm³/mol. The lowest BCUT2D eigenvalue weighted by Gasteiger charge is -2.56. The number of rotatable bonds is 5. The zero-order valence-electron chi connectivity index (χ0n) is 14.2. The van der Waals surface area contributed by atoms with Crippen LogP contribution in [0.5, 0.6) is 0 Å². The van der Waals surface area contributed by atoms with Crippen LogP contribution in [0, 0.1) is 30.1 Å². The normalized spacial score (nSPS) is 33.5. The number of aryl methyl sites for hydroxylation is 1. The Morgan fingerprint density at radius 1 is 1.21 bits per heavy atom. The fraction of sp³-hybridized carbons (Fsp3) is 0.684. The van der Waals surface area contributed by atoms with E-state index in [4.69, 9.17) is 9.15 Å². The van der Waals surface area contributed by atoms with Crippen LogP contribution in [-0.2, 0) is 9.53 Å². The third-order valence-electron chi connectivity index (χ3n) is 6.24. The van der Waals surface area contributed by atoms with E-state index in [1.54, 1.807) is 13.0 Å². The molecule has 1 N–H and O–H groups in total. The van der Waals surface area contributed by atoms with Crippen LogP contribution in [0.25, 0.3) is 0 Å². The van der Waals surface area contributed by atoms with Crippen molar-refractivity contribution in [3.05, 3.63) is 23.7 Å². The lowest BCUT2D eigenvalue weighted by molar-refractivity contribution is -0.126. The lowest BCUT2D eigenvalue weighted by Crippen LogP contribution is -2.51. The van der Waals surface area contributed by atoms with Crippen LogP contribution in [0.4, 0.5) is 0 Å². The first kappa shape index (κ1) is 15.7. The maximum absolute atomic E-state index is 12.1. The predicted octanol–water partition coefficient (Wildman–Crippen LogP) is 3.08. The van der Waals surface area contributed by atoms with E-state index >= 15 is 0 Å². The zero-order valence-corrected chi connectivity index (χ0v) is 14.2. The molecule has 0 aromatic carbocycles. The molecule has 0 unspecified atom stereocenters. The molecule has 0 radical (unpaired) electrons. The SMILES string of the molecule is Cc1occc1C(=O)OCC(=O)NCC12CC3CC(CC(C3)C1)C2. The van der Waals surface area contributed by atoms with Gasteiger partial charge in [-0.15, -0.1) is 0 Å². The van der Waals surface area contributed by atoms with E-state index in [0.717, 1.165) is 24.3 Å². The summed E-state index contributed by atoms with van der Waals surface area (Å²) in [7, 11) is 0. The summed E-state index contributed by atoms with van der Waals surface area (Å²) in [6.07, 6.45) is 9.41. The van der Waals surface area contributed by atoms with Crippen LogP contribution in [0.2, 0.25) is 0 Å². The molecule has 5 nitrogen and oxygen atoms in total. The maximum Gasteiger partial charge on any atom is 0.342 e. The van der Waals surface area contributed by atoms with Crippen molar-refractivity contribution in [2.24, 2.45) is 23.2 Å². The number of esters is 1. The second-order valence-electron chi connectivity index (χ2n) is 8.16. The van der Waals surface area contributed by atoms with Crippen LogP contribution in [0.15, 0.2) is 16.7 Å². The van der Waals surface area contributed by atoms with Gasteiger partial charge < -0.3 is 14.5 Å².